The van der Waals surface area contributed by atoms with Crippen LogP contribution in [0.15, 0.2) is 41.5 Å². The van der Waals surface area contributed by atoms with Gasteiger partial charge in [-0.3, -0.25) is 23.7 Å². The van der Waals surface area contributed by atoms with Crippen molar-refractivity contribution in [2.75, 3.05) is 19.0 Å². The highest BCUT2D eigenvalue weighted by Gasteiger charge is 2.49. The van der Waals surface area contributed by atoms with Crippen LogP contribution in [0.4, 0.5) is 5.95 Å². The quantitative estimate of drug-likeness (QED) is 0.154. The summed E-state index contributed by atoms with van der Waals surface area (Å²) in [6.07, 6.45) is -7.29. The molecule has 0 amide bonds. The van der Waals surface area contributed by atoms with E-state index in [9.17, 15) is 34.2 Å². The number of imidazole rings is 1. The van der Waals surface area contributed by atoms with E-state index in [4.69, 9.17) is 9.47 Å². The Morgan fingerprint density at radius 1 is 1.25 bits per heavy atom. The number of aliphatic hydroxyl groups excluding tert-OH is 2. The highest BCUT2D eigenvalue weighted by atomic mass is 31.2. The first-order chi connectivity index (χ1) is 17.1. The molecule has 36 heavy (non-hydrogen) atoms. The number of anilines is 1. The summed E-state index contributed by atoms with van der Waals surface area (Å²) >= 11 is 0. The number of fused-ring (bicyclic) bond motifs is 1. The molecule has 15 nitrogen and oxygen atoms in total. The lowest BCUT2D eigenvalue weighted by Crippen LogP contribution is -2.57. The number of phosphoric acid groups is 1. The number of aromatic nitrogens is 4. The molecule has 2 aromatic heterocycles. The van der Waals surface area contributed by atoms with Gasteiger partial charge in [-0.2, -0.15) is 4.98 Å². The SMILES string of the molecule is CNc1nc2c(ncn2[C@@H]2O[C@H](COC(=O)Cc3ccccc3)[C@@H](O)[C@H](OP(=O)(O)O)[C@H]2O)c(=O)[nH]1. The molecule has 4 rings (SSSR count). The lowest BCUT2D eigenvalue weighted by atomic mass is 9.98. The zero-order chi connectivity index (χ0) is 26.0. The zero-order valence-electron chi connectivity index (χ0n) is 18.8. The molecule has 0 bridgehead atoms. The molecule has 0 unspecified atom stereocenters. The number of aromatic amines is 1. The molecule has 0 radical (unpaired) electrons. The van der Waals surface area contributed by atoms with Gasteiger partial charge in [-0.1, -0.05) is 30.3 Å². The van der Waals surface area contributed by atoms with E-state index in [0.717, 1.165) is 10.9 Å². The van der Waals surface area contributed by atoms with Crippen molar-refractivity contribution in [1.82, 2.24) is 19.5 Å². The monoisotopic (exact) mass is 525 g/mol. The van der Waals surface area contributed by atoms with E-state index in [0.29, 0.717) is 5.56 Å². The first-order valence-electron chi connectivity index (χ1n) is 10.7. The van der Waals surface area contributed by atoms with Crippen LogP contribution in [0.3, 0.4) is 0 Å². The van der Waals surface area contributed by atoms with Gasteiger partial charge in [0.1, 0.15) is 31.0 Å². The number of nitrogens with one attached hydrogen (secondary N) is 2. The minimum absolute atomic E-state index is 0.0294. The van der Waals surface area contributed by atoms with Crippen molar-refractivity contribution < 1.29 is 43.4 Å². The Kier molecular flexibility index (Phi) is 7.51. The number of benzene rings is 1. The zero-order valence-corrected chi connectivity index (χ0v) is 19.7. The van der Waals surface area contributed by atoms with Gasteiger partial charge in [-0.15, -0.1) is 0 Å². The van der Waals surface area contributed by atoms with Crippen LogP contribution in [-0.2, 0) is 29.8 Å². The molecule has 6 N–H and O–H groups in total. The lowest BCUT2D eigenvalue weighted by Gasteiger charge is -2.42. The van der Waals surface area contributed by atoms with Crippen molar-refractivity contribution in [1.29, 1.82) is 0 Å². The summed E-state index contributed by atoms with van der Waals surface area (Å²) in [5, 5.41) is 24.2. The molecule has 1 aliphatic rings. The summed E-state index contributed by atoms with van der Waals surface area (Å²) < 4.78 is 28.3. The number of carbonyl (C=O) groups is 1. The Morgan fingerprint density at radius 3 is 2.64 bits per heavy atom. The number of nitrogens with zero attached hydrogens (tertiary/aromatic N) is 3. The van der Waals surface area contributed by atoms with Gasteiger partial charge in [0, 0.05) is 7.05 Å². The van der Waals surface area contributed by atoms with Crippen molar-refractivity contribution in [2.24, 2.45) is 0 Å². The van der Waals surface area contributed by atoms with E-state index in [2.05, 4.69) is 24.8 Å². The number of rotatable bonds is 8. The first-order valence-corrected chi connectivity index (χ1v) is 12.2. The molecule has 0 aliphatic carbocycles. The number of esters is 1. The fraction of sp³-hybridized carbons (Fsp3) is 0.400. The molecule has 1 aromatic carbocycles. The van der Waals surface area contributed by atoms with E-state index < -0.39 is 56.6 Å². The molecule has 5 atom stereocenters. The van der Waals surface area contributed by atoms with Gasteiger partial charge in [0.15, 0.2) is 17.4 Å². The maximum absolute atomic E-state index is 12.3. The van der Waals surface area contributed by atoms with Gasteiger partial charge in [0.2, 0.25) is 5.95 Å². The number of H-pyrrole nitrogens is 1. The van der Waals surface area contributed by atoms with E-state index >= 15 is 0 Å². The molecule has 194 valence electrons. The van der Waals surface area contributed by atoms with Gasteiger partial charge in [-0.25, -0.2) is 9.55 Å². The van der Waals surface area contributed by atoms with Crippen LogP contribution in [0.5, 0.6) is 0 Å². The van der Waals surface area contributed by atoms with E-state index in [1.54, 1.807) is 30.3 Å². The average Bonchev–Trinajstić information content (AvgIpc) is 3.25. The Morgan fingerprint density at radius 2 is 1.97 bits per heavy atom. The molecule has 1 fully saturated rings. The number of hydrogen-bond acceptors (Lipinski definition) is 11. The summed E-state index contributed by atoms with van der Waals surface area (Å²) in [7, 11) is -3.67. The van der Waals surface area contributed by atoms with Crippen LogP contribution in [-0.4, -0.2) is 83.6 Å². The van der Waals surface area contributed by atoms with Crippen molar-refractivity contribution in [3.63, 3.8) is 0 Å². The Hall–Kier alpha value is -3.17. The summed E-state index contributed by atoms with van der Waals surface area (Å²) in [5.74, 6) is -0.568. The third kappa shape index (κ3) is 5.63. The number of hydrogen-bond donors (Lipinski definition) is 6. The minimum Gasteiger partial charge on any atom is -0.463 e. The van der Waals surface area contributed by atoms with Gasteiger partial charge < -0.3 is 34.8 Å². The maximum atomic E-state index is 12.3. The molecule has 0 saturated carbocycles. The minimum atomic E-state index is -5.18. The maximum Gasteiger partial charge on any atom is 0.470 e. The smallest absolute Gasteiger partial charge is 0.463 e. The first kappa shape index (κ1) is 25.9. The van der Waals surface area contributed by atoms with E-state index in [1.807, 2.05) is 0 Å². The van der Waals surface area contributed by atoms with Gasteiger partial charge in [0.05, 0.1) is 12.7 Å². The van der Waals surface area contributed by atoms with Gasteiger partial charge in [0.25, 0.3) is 5.56 Å². The molecule has 3 aromatic rings. The average molecular weight is 525 g/mol. The highest BCUT2D eigenvalue weighted by molar-refractivity contribution is 7.46. The van der Waals surface area contributed by atoms with Gasteiger partial charge >= 0.3 is 13.8 Å². The molecule has 3 heterocycles. The largest absolute Gasteiger partial charge is 0.470 e. The van der Waals surface area contributed by atoms with Crippen LogP contribution < -0.4 is 10.9 Å². The van der Waals surface area contributed by atoms with E-state index in [1.165, 1.54) is 7.05 Å². The van der Waals surface area contributed by atoms with Crippen LogP contribution in [0.25, 0.3) is 11.2 Å². The fourth-order valence-corrected chi connectivity index (χ4v) is 4.35. The van der Waals surface area contributed by atoms with Crippen molar-refractivity contribution >= 4 is 30.9 Å². The summed E-state index contributed by atoms with van der Waals surface area (Å²) in [6, 6.07) is 8.74. The molecule has 1 aliphatic heterocycles. The predicted molar refractivity (Wildman–Crippen MR) is 122 cm³/mol. The van der Waals surface area contributed by atoms with Crippen molar-refractivity contribution in [3.8, 4) is 0 Å². The molecule has 16 heteroatoms. The van der Waals surface area contributed by atoms with Gasteiger partial charge in [-0.05, 0) is 5.56 Å². The molecule has 0 spiro atoms. The Bertz CT molecular complexity index is 1330. The summed E-state index contributed by atoms with van der Waals surface area (Å²) in [5.41, 5.74) is -0.0412. The number of ether oxygens (including phenoxy) is 2. The normalized spacial score (nSPS) is 24.5. The summed E-state index contributed by atoms with van der Waals surface area (Å²) in [4.78, 5) is 53.8. The highest BCUT2D eigenvalue weighted by Crippen LogP contribution is 2.43. The predicted octanol–water partition coefficient (Wildman–Crippen LogP) is -0.956. The molecular weight excluding hydrogens is 501 g/mol. The fourth-order valence-electron chi connectivity index (χ4n) is 3.79. The van der Waals surface area contributed by atoms with Crippen LogP contribution in [0.1, 0.15) is 11.8 Å². The number of carbonyl (C=O) groups excluding carboxylic acids is 1. The number of aliphatic hydroxyl groups is 2. The van der Waals surface area contributed by atoms with Crippen molar-refractivity contribution in [2.45, 2.75) is 37.1 Å². The van der Waals surface area contributed by atoms with E-state index in [-0.39, 0.29) is 23.5 Å². The lowest BCUT2D eigenvalue weighted by molar-refractivity contribution is -0.249. The Labute approximate surface area is 202 Å². The van der Waals surface area contributed by atoms with Crippen LogP contribution in [0, 0.1) is 0 Å². The second-order valence-electron chi connectivity index (χ2n) is 7.94. The summed E-state index contributed by atoms with van der Waals surface area (Å²) in [6.45, 7) is -0.528. The number of phosphoric ester groups is 1. The third-order valence-electron chi connectivity index (χ3n) is 5.46. The second-order valence-corrected chi connectivity index (χ2v) is 9.13. The molecule has 1 saturated heterocycles. The van der Waals surface area contributed by atoms with Crippen LogP contribution in [0.2, 0.25) is 0 Å². The standard InChI is InChI=1S/C20H24N5O10P/c1-21-20-23-17-13(18(29)24-20)22-9-25(17)19-15(28)16(35-36(30,31)32)14(27)11(34-19)8-33-12(26)7-10-5-3-2-4-6-10/h2-6,9,11,14-16,19,27-28H,7-8H2,1H3,(H2,30,31,32)(H2,21,23,24,29)/t11-,14-,15-,16+,19-/m1/s1. The van der Waals surface area contributed by atoms with Crippen molar-refractivity contribution in [3.05, 3.63) is 52.6 Å². The third-order valence-corrected chi connectivity index (χ3v) is 5.98. The Balaban J connectivity index is 1.61. The van der Waals surface area contributed by atoms with Crippen LogP contribution >= 0.6 is 7.82 Å². The topological polar surface area (TPSA) is 218 Å². The second kappa shape index (κ2) is 10.4. The molecular formula is C20H24N5O10P.